The van der Waals surface area contributed by atoms with E-state index in [0.29, 0.717) is 5.69 Å². The number of carbonyl (C=O) groups excluding carboxylic acids is 1. The Labute approximate surface area is 119 Å². The largest absolute Gasteiger partial charge is 0.478 e. The SMILES string of the molecule is Cc1cncc(NC(=O)Nc2cccc(F)c2C(=O)O)c1. The van der Waals surface area contributed by atoms with Crippen LogP contribution in [-0.4, -0.2) is 22.1 Å². The number of pyridine rings is 1. The highest BCUT2D eigenvalue weighted by Crippen LogP contribution is 2.19. The van der Waals surface area contributed by atoms with Gasteiger partial charge in [-0.3, -0.25) is 4.98 Å². The molecule has 3 N–H and O–H groups in total. The molecule has 0 aliphatic heterocycles. The number of aromatic carboxylic acids is 1. The minimum Gasteiger partial charge on any atom is -0.478 e. The highest BCUT2D eigenvalue weighted by Gasteiger charge is 2.17. The molecule has 1 heterocycles. The van der Waals surface area contributed by atoms with Crippen LogP contribution in [0.3, 0.4) is 0 Å². The molecule has 1 aromatic heterocycles. The summed E-state index contributed by atoms with van der Waals surface area (Å²) >= 11 is 0. The highest BCUT2D eigenvalue weighted by molar-refractivity contribution is 6.04. The molecule has 0 bridgehead atoms. The smallest absolute Gasteiger partial charge is 0.340 e. The van der Waals surface area contributed by atoms with Crippen LogP contribution in [-0.2, 0) is 0 Å². The van der Waals surface area contributed by atoms with E-state index >= 15 is 0 Å². The highest BCUT2D eigenvalue weighted by atomic mass is 19.1. The number of amides is 2. The Kier molecular flexibility index (Phi) is 4.13. The predicted molar refractivity (Wildman–Crippen MR) is 75.0 cm³/mol. The summed E-state index contributed by atoms with van der Waals surface area (Å²) in [4.78, 5) is 26.7. The van der Waals surface area contributed by atoms with Crippen molar-refractivity contribution in [2.75, 3.05) is 10.6 Å². The Balaban J connectivity index is 2.17. The van der Waals surface area contributed by atoms with E-state index in [4.69, 9.17) is 5.11 Å². The number of rotatable bonds is 3. The average molecular weight is 289 g/mol. The molecule has 21 heavy (non-hydrogen) atoms. The van der Waals surface area contributed by atoms with E-state index in [2.05, 4.69) is 15.6 Å². The predicted octanol–water partition coefficient (Wildman–Crippen LogP) is 2.87. The first-order chi connectivity index (χ1) is 9.97. The van der Waals surface area contributed by atoms with Crippen LogP contribution in [0.25, 0.3) is 0 Å². The van der Waals surface area contributed by atoms with Crippen molar-refractivity contribution in [3.8, 4) is 0 Å². The van der Waals surface area contributed by atoms with E-state index in [1.165, 1.54) is 18.3 Å². The molecule has 0 unspecified atom stereocenters. The van der Waals surface area contributed by atoms with Crippen LogP contribution in [0.1, 0.15) is 15.9 Å². The van der Waals surface area contributed by atoms with Gasteiger partial charge in [0.1, 0.15) is 11.4 Å². The van der Waals surface area contributed by atoms with Gasteiger partial charge in [0.05, 0.1) is 17.6 Å². The van der Waals surface area contributed by atoms with Gasteiger partial charge in [0.25, 0.3) is 0 Å². The van der Waals surface area contributed by atoms with Crippen molar-refractivity contribution >= 4 is 23.4 Å². The quantitative estimate of drug-likeness (QED) is 0.810. The third-order valence-corrected chi connectivity index (χ3v) is 2.61. The fourth-order valence-electron chi connectivity index (χ4n) is 1.75. The number of benzene rings is 1. The number of anilines is 2. The van der Waals surface area contributed by atoms with Crippen LogP contribution < -0.4 is 10.6 Å². The number of halogens is 1. The number of carboxylic acid groups (broad SMARTS) is 1. The fourth-order valence-corrected chi connectivity index (χ4v) is 1.75. The minimum atomic E-state index is -1.46. The molecule has 2 amide bonds. The van der Waals surface area contributed by atoms with E-state index in [9.17, 15) is 14.0 Å². The van der Waals surface area contributed by atoms with Crippen LogP contribution in [0, 0.1) is 12.7 Å². The lowest BCUT2D eigenvalue weighted by Crippen LogP contribution is -2.21. The zero-order valence-electron chi connectivity index (χ0n) is 11.1. The van der Waals surface area contributed by atoms with Crippen LogP contribution in [0.4, 0.5) is 20.6 Å². The lowest BCUT2D eigenvalue weighted by molar-refractivity contribution is 0.0693. The second-order valence-corrected chi connectivity index (χ2v) is 4.30. The maximum Gasteiger partial charge on any atom is 0.340 e. The lowest BCUT2D eigenvalue weighted by atomic mass is 10.1. The number of aromatic nitrogens is 1. The molecule has 1 aromatic carbocycles. The topological polar surface area (TPSA) is 91.3 Å². The van der Waals surface area contributed by atoms with Crippen molar-refractivity contribution in [3.63, 3.8) is 0 Å². The van der Waals surface area contributed by atoms with Gasteiger partial charge >= 0.3 is 12.0 Å². The third-order valence-electron chi connectivity index (χ3n) is 2.61. The molecule has 0 fully saturated rings. The molecule has 0 aliphatic carbocycles. The zero-order valence-corrected chi connectivity index (χ0v) is 11.1. The standard InChI is InChI=1S/C14H12FN3O3/c1-8-5-9(7-16-6-8)17-14(21)18-11-4-2-3-10(15)12(11)13(19)20/h2-7H,1H3,(H,19,20)(H2,17,18,21). The van der Waals surface area contributed by atoms with Gasteiger partial charge in [-0.15, -0.1) is 0 Å². The zero-order chi connectivity index (χ0) is 15.4. The molecule has 0 aliphatic rings. The summed E-state index contributed by atoms with van der Waals surface area (Å²) in [5.41, 5.74) is 0.584. The molecular weight excluding hydrogens is 277 g/mol. The second kappa shape index (κ2) is 6.00. The van der Waals surface area contributed by atoms with E-state index in [1.807, 2.05) is 6.92 Å². The molecule has 0 atom stereocenters. The third kappa shape index (κ3) is 3.53. The number of hydrogen-bond acceptors (Lipinski definition) is 3. The number of hydrogen-bond donors (Lipinski definition) is 3. The van der Waals surface area contributed by atoms with Crippen molar-refractivity contribution in [1.82, 2.24) is 4.98 Å². The van der Waals surface area contributed by atoms with Gasteiger partial charge in [0.2, 0.25) is 0 Å². The number of nitrogens with one attached hydrogen (secondary N) is 2. The molecule has 0 saturated carbocycles. The number of nitrogens with zero attached hydrogens (tertiary/aromatic N) is 1. The molecule has 0 spiro atoms. The van der Waals surface area contributed by atoms with Crippen molar-refractivity contribution in [2.45, 2.75) is 6.92 Å². The minimum absolute atomic E-state index is 0.124. The molecule has 0 saturated heterocycles. The van der Waals surface area contributed by atoms with E-state index in [0.717, 1.165) is 11.6 Å². The van der Waals surface area contributed by atoms with E-state index in [-0.39, 0.29) is 5.69 Å². The monoisotopic (exact) mass is 289 g/mol. The summed E-state index contributed by atoms with van der Waals surface area (Å²) in [6, 6.07) is 4.63. The van der Waals surface area contributed by atoms with E-state index < -0.39 is 23.4 Å². The van der Waals surface area contributed by atoms with E-state index in [1.54, 1.807) is 12.3 Å². The summed E-state index contributed by atoms with van der Waals surface area (Å²) in [6.45, 7) is 1.81. The maximum atomic E-state index is 13.5. The van der Waals surface area contributed by atoms with Crippen LogP contribution in [0.2, 0.25) is 0 Å². The summed E-state index contributed by atoms with van der Waals surface area (Å²) < 4.78 is 13.5. The van der Waals surface area contributed by atoms with Crippen LogP contribution in [0.5, 0.6) is 0 Å². The Morgan fingerprint density at radius 3 is 2.67 bits per heavy atom. The first-order valence-corrected chi connectivity index (χ1v) is 5.99. The van der Waals surface area contributed by atoms with Gasteiger partial charge in [-0.1, -0.05) is 6.07 Å². The van der Waals surface area contributed by atoms with Crippen molar-refractivity contribution in [1.29, 1.82) is 0 Å². The molecule has 108 valence electrons. The van der Waals surface area contributed by atoms with Gasteiger partial charge in [0.15, 0.2) is 0 Å². The Morgan fingerprint density at radius 2 is 2.00 bits per heavy atom. The average Bonchev–Trinajstić information content (AvgIpc) is 2.37. The van der Waals surface area contributed by atoms with Gasteiger partial charge < -0.3 is 15.7 Å². The molecule has 6 nitrogen and oxygen atoms in total. The first-order valence-electron chi connectivity index (χ1n) is 5.99. The fraction of sp³-hybridized carbons (Fsp3) is 0.0714. The number of urea groups is 1. The van der Waals surface area contributed by atoms with Gasteiger partial charge in [-0.25, -0.2) is 14.0 Å². The Morgan fingerprint density at radius 1 is 1.24 bits per heavy atom. The van der Waals surface area contributed by atoms with Crippen molar-refractivity contribution < 1.29 is 19.1 Å². The number of carboxylic acids is 1. The van der Waals surface area contributed by atoms with Crippen molar-refractivity contribution in [2.24, 2.45) is 0 Å². The van der Waals surface area contributed by atoms with Gasteiger partial charge in [-0.05, 0) is 30.7 Å². The first kappa shape index (κ1) is 14.4. The summed E-state index contributed by atoms with van der Waals surface area (Å²) in [6.07, 6.45) is 3.06. The Hall–Kier alpha value is -2.96. The van der Waals surface area contributed by atoms with Gasteiger partial charge in [0, 0.05) is 6.20 Å². The normalized spacial score (nSPS) is 10.0. The second-order valence-electron chi connectivity index (χ2n) is 4.30. The summed E-state index contributed by atoms with van der Waals surface area (Å²) in [5, 5.41) is 13.8. The van der Waals surface area contributed by atoms with Crippen molar-refractivity contribution in [3.05, 3.63) is 53.6 Å². The molecular formula is C14H12FN3O3. The van der Waals surface area contributed by atoms with Gasteiger partial charge in [-0.2, -0.15) is 0 Å². The number of carbonyl (C=O) groups is 2. The van der Waals surface area contributed by atoms with Crippen LogP contribution >= 0.6 is 0 Å². The molecule has 7 heteroatoms. The summed E-state index contributed by atoms with van der Waals surface area (Å²) in [5.74, 6) is -2.38. The maximum absolute atomic E-state index is 13.5. The molecule has 2 rings (SSSR count). The number of aryl methyl sites for hydroxylation is 1. The lowest BCUT2D eigenvalue weighted by Gasteiger charge is -2.10. The van der Waals surface area contributed by atoms with Crippen LogP contribution in [0.15, 0.2) is 36.7 Å². The Bertz CT molecular complexity index is 704. The molecule has 2 aromatic rings. The summed E-state index contributed by atoms with van der Waals surface area (Å²) in [7, 11) is 0. The molecule has 0 radical (unpaired) electrons.